The Kier molecular flexibility index (Phi) is 10.0. The van der Waals surface area contributed by atoms with Crippen molar-refractivity contribution >= 4 is 51.7 Å². The third-order valence-corrected chi connectivity index (χ3v) is 9.14. The number of nitrogens with zero attached hydrogens (tertiary/aromatic N) is 4. The van der Waals surface area contributed by atoms with E-state index in [1.165, 1.54) is 23.5 Å². The minimum Gasteiger partial charge on any atom is -0.462 e. The number of nitro groups is 1. The number of hydrogen-bond acceptors (Lipinski definition) is 10. The highest BCUT2D eigenvalue weighted by Crippen LogP contribution is 2.40. The largest absolute Gasteiger partial charge is 0.462 e. The average Bonchev–Trinajstić information content (AvgIpc) is 3.41. The number of alkyl halides is 3. The molecule has 0 fully saturated rings. The van der Waals surface area contributed by atoms with E-state index in [1.807, 2.05) is 0 Å². The van der Waals surface area contributed by atoms with Gasteiger partial charge in [-0.15, -0.1) is 11.3 Å². The Labute approximate surface area is 274 Å². The summed E-state index contributed by atoms with van der Waals surface area (Å²) in [6.07, 6.45) is -0.430. The number of benzene rings is 2. The number of aromatic nitrogens is 2. The fourth-order valence-electron chi connectivity index (χ4n) is 4.88. The lowest BCUT2D eigenvalue weighted by Gasteiger charge is -2.12. The quantitative estimate of drug-likeness (QED) is 0.0466. The SMILES string of the molecule is CCOC(=O)c1c(NC(=O)/C(C#N)=C\c2ccc(Sc3nc(-c4ccccc4)cc(C(F)(F)F)n3)c([N+](=O)[O-])c2)sc2c1CCCC2. The molecule has 4 aromatic rings. The van der Waals surface area contributed by atoms with Gasteiger partial charge in [-0.3, -0.25) is 14.9 Å². The Hall–Kier alpha value is -5.07. The summed E-state index contributed by atoms with van der Waals surface area (Å²) < 4.78 is 46.2. The normalized spacial score (nSPS) is 13.0. The lowest BCUT2D eigenvalue weighted by molar-refractivity contribution is -0.387. The van der Waals surface area contributed by atoms with Crippen LogP contribution in [0.15, 0.2) is 70.2 Å². The van der Waals surface area contributed by atoms with Crippen LogP contribution < -0.4 is 5.32 Å². The van der Waals surface area contributed by atoms with Gasteiger partial charge in [0.1, 0.15) is 22.3 Å². The number of thiophene rings is 1. The Morgan fingerprint density at radius 3 is 2.57 bits per heavy atom. The van der Waals surface area contributed by atoms with Gasteiger partial charge in [0.25, 0.3) is 11.6 Å². The number of halogens is 3. The molecule has 2 heterocycles. The first kappa shape index (κ1) is 33.3. The summed E-state index contributed by atoms with van der Waals surface area (Å²) in [7, 11) is 0. The summed E-state index contributed by atoms with van der Waals surface area (Å²) >= 11 is 1.82. The van der Waals surface area contributed by atoms with Crippen LogP contribution in [0.5, 0.6) is 0 Å². The number of nitrogens with one attached hydrogen (secondary N) is 1. The molecule has 5 rings (SSSR count). The number of fused-ring (bicyclic) bond motifs is 1. The second-order valence-electron chi connectivity index (χ2n) is 10.1. The van der Waals surface area contributed by atoms with Crippen LogP contribution in [0.1, 0.15) is 51.8 Å². The van der Waals surface area contributed by atoms with Crippen LogP contribution in [-0.2, 0) is 28.5 Å². The molecule has 0 saturated heterocycles. The van der Waals surface area contributed by atoms with Crippen molar-refractivity contribution in [3.8, 4) is 17.3 Å². The second kappa shape index (κ2) is 14.1. The smallest absolute Gasteiger partial charge is 0.433 e. The van der Waals surface area contributed by atoms with Gasteiger partial charge in [-0.05, 0) is 73.7 Å². The minimum atomic E-state index is -4.80. The fourth-order valence-corrected chi connectivity index (χ4v) is 7.01. The zero-order chi connectivity index (χ0) is 33.7. The first-order valence-corrected chi connectivity index (χ1v) is 15.8. The third-order valence-electron chi connectivity index (χ3n) is 7.00. The number of amides is 1. The van der Waals surface area contributed by atoms with Gasteiger partial charge in [0, 0.05) is 16.5 Å². The molecule has 0 aliphatic heterocycles. The van der Waals surface area contributed by atoms with Crippen molar-refractivity contribution in [2.24, 2.45) is 0 Å². The molecule has 240 valence electrons. The standard InChI is InChI=1S/C32H24F3N5O5S2/c1-2-45-30(42)27-21-10-6-7-11-24(21)46-29(27)39-28(41)20(17-36)14-18-12-13-25(23(15-18)40(43)44)47-31-37-22(19-8-4-3-5-9-19)16-26(38-31)32(33,34)35/h3-5,8-9,12-16H,2,6-7,10-11H2,1H3,(H,39,41)/b20-14-. The van der Waals surface area contributed by atoms with Gasteiger partial charge in [-0.25, -0.2) is 14.8 Å². The van der Waals surface area contributed by atoms with Crippen molar-refractivity contribution in [3.05, 3.63) is 97.5 Å². The lowest BCUT2D eigenvalue weighted by atomic mass is 9.95. The van der Waals surface area contributed by atoms with Crippen LogP contribution in [0, 0.1) is 21.4 Å². The lowest BCUT2D eigenvalue weighted by Crippen LogP contribution is -2.16. The molecule has 1 N–H and O–H groups in total. The highest BCUT2D eigenvalue weighted by atomic mass is 32.2. The van der Waals surface area contributed by atoms with Crippen LogP contribution in [0.3, 0.4) is 0 Å². The fraction of sp³-hybridized carbons (Fsp3) is 0.219. The first-order chi connectivity index (χ1) is 22.5. The molecule has 0 unspecified atom stereocenters. The number of carbonyl (C=O) groups is 2. The Balaban J connectivity index is 1.45. The van der Waals surface area contributed by atoms with Gasteiger partial charge in [0.05, 0.1) is 27.7 Å². The summed E-state index contributed by atoms with van der Waals surface area (Å²) in [6, 6.07) is 14.5. The van der Waals surface area contributed by atoms with Crippen LogP contribution in [0.2, 0.25) is 0 Å². The Morgan fingerprint density at radius 2 is 1.89 bits per heavy atom. The average molecular weight is 680 g/mol. The van der Waals surface area contributed by atoms with E-state index >= 15 is 0 Å². The predicted octanol–water partition coefficient (Wildman–Crippen LogP) is 7.88. The molecule has 2 aromatic heterocycles. The summed E-state index contributed by atoms with van der Waals surface area (Å²) in [5.41, 5.74) is -0.522. The third kappa shape index (κ3) is 7.67. The monoisotopic (exact) mass is 679 g/mol. The maximum absolute atomic E-state index is 13.7. The number of ether oxygens (including phenoxy) is 1. The van der Waals surface area contributed by atoms with Gasteiger partial charge in [0.2, 0.25) is 0 Å². The molecule has 15 heteroatoms. The van der Waals surface area contributed by atoms with Crippen LogP contribution in [-0.4, -0.2) is 33.4 Å². The summed E-state index contributed by atoms with van der Waals surface area (Å²) in [5.74, 6) is -1.41. The molecule has 0 bridgehead atoms. The molecule has 0 atom stereocenters. The van der Waals surface area contributed by atoms with Crippen molar-refractivity contribution in [2.45, 2.75) is 48.8 Å². The van der Waals surface area contributed by atoms with Crippen LogP contribution >= 0.6 is 23.1 Å². The Morgan fingerprint density at radius 1 is 1.15 bits per heavy atom. The van der Waals surface area contributed by atoms with Gasteiger partial charge in [0.15, 0.2) is 5.16 Å². The molecule has 1 amide bonds. The molecule has 47 heavy (non-hydrogen) atoms. The highest BCUT2D eigenvalue weighted by Gasteiger charge is 2.34. The maximum atomic E-state index is 13.7. The van der Waals surface area contributed by atoms with Crippen molar-refractivity contribution < 1.29 is 32.4 Å². The molecule has 10 nitrogen and oxygen atoms in total. The van der Waals surface area contributed by atoms with Crippen LogP contribution in [0.4, 0.5) is 23.9 Å². The molecule has 0 saturated carbocycles. The van der Waals surface area contributed by atoms with E-state index in [0.717, 1.165) is 47.9 Å². The zero-order valence-corrected chi connectivity index (χ0v) is 26.2. The molecular weight excluding hydrogens is 656 g/mol. The van der Waals surface area contributed by atoms with Gasteiger partial charge in [-0.1, -0.05) is 36.4 Å². The van der Waals surface area contributed by atoms with Crippen LogP contribution in [0.25, 0.3) is 17.3 Å². The van der Waals surface area contributed by atoms with E-state index < -0.39 is 39.9 Å². The summed E-state index contributed by atoms with van der Waals surface area (Å²) in [4.78, 5) is 45.9. The number of hydrogen-bond donors (Lipinski definition) is 1. The zero-order valence-electron chi connectivity index (χ0n) is 24.6. The van der Waals surface area contributed by atoms with E-state index in [0.29, 0.717) is 23.7 Å². The molecular formula is C32H24F3N5O5S2. The number of esters is 1. The number of nitro benzene ring substituents is 1. The summed E-state index contributed by atoms with van der Waals surface area (Å²) in [5, 5.41) is 24.3. The van der Waals surface area contributed by atoms with Crippen molar-refractivity contribution in [1.82, 2.24) is 9.97 Å². The van der Waals surface area contributed by atoms with Gasteiger partial charge < -0.3 is 10.1 Å². The topological polar surface area (TPSA) is 148 Å². The van der Waals surface area contributed by atoms with E-state index in [4.69, 9.17) is 4.74 Å². The number of carbonyl (C=O) groups excluding carboxylic acids is 2. The number of nitriles is 1. The van der Waals surface area contributed by atoms with Crippen molar-refractivity contribution in [2.75, 3.05) is 11.9 Å². The molecule has 2 aromatic carbocycles. The highest BCUT2D eigenvalue weighted by molar-refractivity contribution is 7.99. The van der Waals surface area contributed by atoms with E-state index in [-0.39, 0.29) is 38.5 Å². The van der Waals surface area contributed by atoms with Gasteiger partial charge in [-0.2, -0.15) is 18.4 Å². The molecule has 0 spiro atoms. The maximum Gasteiger partial charge on any atom is 0.433 e. The van der Waals surface area contributed by atoms with E-state index in [1.54, 1.807) is 43.3 Å². The molecule has 1 aliphatic rings. The van der Waals surface area contributed by atoms with E-state index in [2.05, 4.69) is 15.3 Å². The molecule has 0 radical (unpaired) electrons. The van der Waals surface area contributed by atoms with Crippen molar-refractivity contribution in [3.63, 3.8) is 0 Å². The minimum absolute atomic E-state index is 0.0139. The molecule has 1 aliphatic carbocycles. The predicted molar refractivity (Wildman–Crippen MR) is 169 cm³/mol. The van der Waals surface area contributed by atoms with Crippen molar-refractivity contribution in [1.29, 1.82) is 5.26 Å². The Bertz CT molecular complexity index is 1940. The first-order valence-electron chi connectivity index (χ1n) is 14.2. The second-order valence-corrected chi connectivity index (χ2v) is 12.2. The van der Waals surface area contributed by atoms with Gasteiger partial charge >= 0.3 is 12.1 Å². The number of rotatable bonds is 9. The number of anilines is 1. The number of aryl methyl sites for hydroxylation is 1. The van der Waals surface area contributed by atoms with E-state index in [9.17, 15) is 38.1 Å². The summed E-state index contributed by atoms with van der Waals surface area (Å²) in [6.45, 7) is 1.81.